The lowest BCUT2D eigenvalue weighted by Gasteiger charge is -2.21. The normalized spacial score (nSPS) is 14.0. The van der Waals surface area contributed by atoms with Crippen molar-refractivity contribution in [1.82, 2.24) is 5.32 Å². The highest BCUT2D eigenvalue weighted by Crippen LogP contribution is 2.17. The molecule has 0 aromatic heterocycles. The summed E-state index contributed by atoms with van der Waals surface area (Å²) in [5.74, 6) is 0.276. The Morgan fingerprint density at radius 3 is 2.27 bits per heavy atom. The smallest absolute Gasteiger partial charge is 0.407 e. The Morgan fingerprint density at radius 2 is 1.73 bits per heavy atom. The molecule has 0 saturated carbocycles. The van der Waals surface area contributed by atoms with E-state index in [0.29, 0.717) is 6.54 Å². The van der Waals surface area contributed by atoms with E-state index < -0.39 is 11.7 Å². The van der Waals surface area contributed by atoms with E-state index in [-0.39, 0.29) is 17.6 Å². The molecular weight excluding hydrogens is 278 g/mol. The van der Waals surface area contributed by atoms with Crippen LogP contribution >= 0.6 is 0 Å². The maximum absolute atomic E-state index is 12.3. The summed E-state index contributed by atoms with van der Waals surface area (Å²) < 4.78 is 5.19. The van der Waals surface area contributed by atoms with Crippen LogP contribution in [0.3, 0.4) is 0 Å². The number of amides is 1. The van der Waals surface area contributed by atoms with Gasteiger partial charge in [0.05, 0.1) is 0 Å². The fourth-order valence-electron chi connectivity index (χ4n) is 2.25. The van der Waals surface area contributed by atoms with Crippen LogP contribution in [-0.2, 0) is 4.74 Å². The van der Waals surface area contributed by atoms with Crippen molar-refractivity contribution in [1.29, 1.82) is 0 Å². The van der Waals surface area contributed by atoms with Gasteiger partial charge in [0.1, 0.15) is 5.60 Å². The van der Waals surface area contributed by atoms with Crippen LogP contribution in [0.4, 0.5) is 4.79 Å². The average molecular weight is 305 g/mol. The van der Waals surface area contributed by atoms with E-state index in [1.807, 2.05) is 65.0 Å². The molecular formula is C18H27NO3. The number of rotatable bonds is 6. The maximum Gasteiger partial charge on any atom is 0.407 e. The predicted molar refractivity (Wildman–Crippen MR) is 88.0 cm³/mol. The van der Waals surface area contributed by atoms with Crippen LogP contribution < -0.4 is 5.32 Å². The third-order valence-electron chi connectivity index (χ3n) is 3.26. The highest BCUT2D eigenvalue weighted by Gasteiger charge is 2.20. The van der Waals surface area contributed by atoms with Crippen LogP contribution in [0.1, 0.15) is 51.4 Å². The van der Waals surface area contributed by atoms with Crippen LogP contribution in [0.15, 0.2) is 30.3 Å². The summed E-state index contributed by atoms with van der Waals surface area (Å²) in [6.45, 7) is 9.94. The van der Waals surface area contributed by atoms with E-state index in [9.17, 15) is 9.59 Å². The number of nitrogens with one attached hydrogen (secondary N) is 1. The number of carbonyl (C=O) groups excluding carboxylic acids is 2. The molecule has 0 spiro atoms. The van der Waals surface area contributed by atoms with E-state index in [2.05, 4.69) is 5.32 Å². The lowest BCUT2D eigenvalue weighted by atomic mass is 9.90. The molecule has 0 aliphatic carbocycles. The zero-order chi connectivity index (χ0) is 16.8. The van der Waals surface area contributed by atoms with E-state index >= 15 is 0 Å². The molecule has 1 aromatic carbocycles. The Bertz CT molecular complexity index is 491. The van der Waals surface area contributed by atoms with Crippen LogP contribution in [0.2, 0.25) is 0 Å². The zero-order valence-electron chi connectivity index (χ0n) is 14.2. The summed E-state index contributed by atoms with van der Waals surface area (Å²) in [6, 6.07) is 9.31. The molecule has 1 aromatic rings. The van der Waals surface area contributed by atoms with Gasteiger partial charge < -0.3 is 10.1 Å². The van der Waals surface area contributed by atoms with Gasteiger partial charge in [-0.1, -0.05) is 44.2 Å². The van der Waals surface area contributed by atoms with Gasteiger partial charge in [0.25, 0.3) is 0 Å². The molecule has 4 heteroatoms. The number of ether oxygens (including phenoxy) is 1. The van der Waals surface area contributed by atoms with Crippen LogP contribution in [0.25, 0.3) is 0 Å². The third kappa shape index (κ3) is 6.74. The molecule has 0 radical (unpaired) electrons. The Hall–Kier alpha value is -1.84. The molecule has 1 N–H and O–H groups in total. The lowest BCUT2D eigenvalue weighted by molar-refractivity contribution is 0.0519. The Morgan fingerprint density at radius 1 is 1.14 bits per heavy atom. The first kappa shape index (κ1) is 18.2. The molecule has 0 aliphatic heterocycles. The number of alkyl carbamates (subject to hydrolysis) is 1. The average Bonchev–Trinajstić information content (AvgIpc) is 2.43. The summed E-state index contributed by atoms with van der Waals surface area (Å²) in [7, 11) is 0. The molecule has 122 valence electrons. The van der Waals surface area contributed by atoms with Crippen molar-refractivity contribution in [2.45, 2.75) is 46.6 Å². The standard InChI is InChI=1S/C18H27NO3/c1-13(12-19-17(21)22-18(3,4)5)11-14(2)16(20)15-9-7-6-8-10-15/h6-10,13-14H,11-12H2,1-5H3,(H,19,21). The molecule has 2 atom stereocenters. The van der Waals surface area contributed by atoms with Crippen molar-refractivity contribution in [3.05, 3.63) is 35.9 Å². The highest BCUT2D eigenvalue weighted by atomic mass is 16.6. The fraction of sp³-hybridized carbons (Fsp3) is 0.556. The molecule has 1 rings (SSSR count). The van der Waals surface area contributed by atoms with Crippen LogP contribution in [0, 0.1) is 11.8 Å². The number of Topliss-reactive ketones (excluding diaryl/α,β-unsaturated/α-hetero) is 1. The molecule has 0 heterocycles. The minimum absolute atomic E-state index is 0.0714. The molecule has 22 heavy (non-hydrogen) atoms. The first-order valence-corrected chi connectivity index (χ1v) is 7.75. The van der Waals surface area contributed by atoms with Gasteiger partial charge in [-0.3, -0.25) is 4.79 Å². The summed E-state index contributed by atoms with van der Waals surface area (Å²) in [5.41, 5.74) is 0.242. The summed E-state index contributed by atoms with van der Waals surface area (Å²) >= 11 is 0. The van der Waals surface area contributed by atoms with Gasteiger partial charge >= 0.3 is 6.09 Å². The number of benzene rings is 1. The Labute approximate surface area is 133 Å². The molecule has 0 saturated heterocycles. The van der Waals surface area contributed by atoms with Gasteiger partial charge in [-0.2, -0.15) is 0 Å². The van der Waals surface area contributed by atoms with Crippen LogP contribution in [0.5, 0.6) is 0 Å². The Kier molecular flexibility index (Phi) is 6.60. The summed E-state index contributed by atoms with van der Waals surface area (Å²) in [4.78, 5) is 23.9. The van der Waals surface area contributed by atoms with Gasteiger partial charge in [-0.15, -0.1) is 0 Å². The Balaban J connectivity index is 2.40. The van der Waals surface area contributed by atoms with E-state index in [4.69, 9.17) is 4.74 Å². The van der Waals surface area contributed by atoms with Gasteiger partial charge in [0.15, 0.2) is 5.78 Å². The van der Waals surface area contributed by atoms with Gasteiger partial charge in [-0.05, 0) is 33.1 Å². The van der Waals surface area contributed by atoms with E-state index in [1.165, 1.54) is 0 Å². The van der Waals surface area contributed by atoms with Crippen molar-refractivity contribution in [2.24, 2.45) is 11.8 Å². The van der Waals surface area contributed by atoms with Crippen molar-refractivity contribution < 1.29 is 14.3 Å². The second-order valence-corrected chi connectivity index (χ2v) is 6.85. The van der Waals surface area contributed by atoms with Crippen molar-refractivity contribution in [2.75, 3.05) is 6.54 Å². The number of hydrogen-bond acceptors (Lipinski definition) is 3. The van der Waals surface area contributed by atoms with E-state index in [0.717, 1.165) is 12.0 Å². The third-order valence-corrected chi connectivity index (χ3v) is 3.26. The second kappa shape index (κ2) is 7.97. The molecule has 4 nitrogen and oxygen atoms in total. The predicted octanol–water partition coefficient (Wildman–Crippen LogP) is 4.06. The van der Waals surface area contributed by atoms with Crippen molar-refractivity contribution in [3.8, 4) is 0 Å². The van der Waals surface area contributed by atoms with Gasteiger partial charge in [0, 0.05) is 18.0 Å². The number of carbonyl (C=O) groups is 2. The van der Waals surface area contributed by atoms with Crippen LogP contribution in [-0.4, -0.2) is 24.0 Å². The molecule has 0 bridgehead atoms. The monoisotopic (exact) mass is 305 g/mol. The molecule has 1 amide bonds. The molecule has 2 unspecified atom stereocenters. The quantitative estimate of drug-likeness (QED) is 0.806. The lowest BCUT2D eigenvalue weighted by Crippen LogP contribution is -2.35. The number of hydrogen-bond donors (Lipinski definition) is 1. The van der Waals surface area contributed by atoms with Gasteiger partial charge in [-0.25, -0.2) is 4.79 Å². The maximum atomic E-state index is 12.3. The first-order valence-electron chi connectivity index (χ1n) is 7.75. The summed E-state index contributed by atoms with van der Waals surface area (Å²) in [6.07, 6.45) is 0.310. The van der Waals surface area contributed by atoms with E-state index in [1.54, 1.807) is 0 Å². The summed E-state index contributed by atoms with van der Waals surface area (Å²) in [5, 5.41) is 2.75. The van der Waals surface area contributed by atoms with Crippen molar-refractivity contribution >= 4 is 11.9 Å². The minimum Gasteiger partial charge on any atom is -0.444 e. The number of ketones is 1. The van der Waals surface area contributed by atoms with Crippen molar-refractivity contribution in [3.63, 3.8) is 0 Å². The largest absolute Gasteiger partial charge is 0.444 e. The fourth-order valence-corrected chi connectivity index (χ4v) is 2.25. The molecule has 0 aliphatic rings. The minimum atomic E-state index is -0.496. The zero-order valence-corrected chi connectivity index (χ0v) is 14.2. The van der Waals surface area contributed by atoms with Gasteiger partial charge in [0.2, 0.25) is 0 Å². The topological polar surface area (TPSA) is 55.4 Å². The first-order chi connectivity index (χ1) is 10.2. The highest BCUT2D eigenvalue weighted by molar-refractivity contribution is 5.97. The molecule has 0 fully saturated rings. The SMILES string of the molecule is CC(CNC(=O)OC(C)(C)C)CC(C)C(=O)c1ccccc1. The second-order valence-electron chi connectivity index (χ2n) is 6.85.